The summed E-state index contributed by atoms with van der Waals surface area (Å²) in [4.78, 5) is 12.0. The van der Waals surface area contributed by atoms with E-state index < -0.39 is 15.9 Å². The zero-order valence-corrected chi connectivity index (χ0v) is 10.3. The predicted molar refractivity (Wildman–Crippen MR) is 57.4 cm³/mol. The molecule has 0 amide bonds. The van der Waals surface area contributed by atoms with Crippen molar-refractivity contribution in [3.05, 3.63) is 0 Å². The molecule has 0 heterocycles. The molecule has 5 nitrogen and oxygen atoms in total. The Kier molecular flexibility index (Phi) is 2.55. The van der Waals surface area contributed by atoms with Gasteiger partial charge in [-0.05, 0) is 32.7 Å². The molecule has 16 heavy (non-hydrogen) atoms. The average Bonchev–Trinajstić information content (AvgIpc) is 2.51. The highest BCUT2D eigenvalue weighted by Crippen LogP contribution is 2.64. The van der Waals surface area contributed by atoms with E-state index >= 15 is 0 Å². The summed E-state index contributed by atoms with van der Waals surface area (Å²) in [6.07, 6.45) is 2.04. The maximum absolute atomic E-state index is 12.0. The van der Waals surface area contributed by atoms with Gasteiger partial charge in [-0.25, -0.2) is 0 Å². The molecular weight excluding hydrogens is 230 g/mol. The molecule has 0 aliphatic heterocycles. The van der Waals surface area contributed by atoms with Gasteiger partial charge in [0.25, 0.3) is 0 Å². The van der Waals surface area contributed by atoms with Gasteiger partial charge in [0.15, 0.2) is 5.75 Å². The second-order valence-electron chi connectivity index (χ2n) is 5.46. The van der Waals surface area contributed by atoms with E-state index in [1.54, 1.807) is 0 Å². The molecular formula is C10H17NO4S+. The fraction of sp³-hybridized carbons (Fsp3) is 0.900. The third-order valence-corrected chi connectivity index (χ3v) is 5.85. The molecule has 0 aromatic carbocycles. The van der Waals surface area contributed by atoms with Gasteiger partial charge >= 0.3 is 10.5 Å². The SMILES string of the molecule is CC1(C)[C@@H]2CC[C@@]1(C[S+]([O])(=O)ON)C(=O)C2. The summed E-state index contributed by atoms with van der Waals surface area (Å²) in [5.74, 6) is 4.82. The molecule has 0 saturated heterocycles. The Hall–Kier alpha value is -0.300. The Balaban J connectivity index is 2.36. The van der Waals surface area contributed by atoms with Crippen LogP contribution in [0.5, 0.6) is 0 Å². The lowest BCUT2D eigenvalue weighted by atomic mass is 9.70. The van der Waals surface area contributed by atoms with Gasteiger partial charge in [-0.1, -0.05) is 13.8 Å². The van der Waals surface area contributed by atoms with E-state index in [1.807, 2.05) is 13.8 Å². The van der Waals surface area contributed by atoms with Crippen LogP contribution in [0.25, 0.3) is 0 Å². The first-order chi connectivity index (χ1) is 7.25. The van der Waals surface area contributed by atoms with Crippen molar-refractivity contribution in [1.29, 1.82) is 0 Å². The van der Waals surface area contributed by atoms with Crippen molar-refractivity contribution in [2.24, 2.45) is 22.6 Å². The van der Waals surface area contributed by atoms with Gasteiger partial charge in [0, 0.05) is 6.42 Å². The smallest absolute Gasteiger partial charge is 0.299 e. The zero-order valence-electron chi connectivity index (χ0n) is 9.52. The van der Waals surface area contributed by atoms with Gasteiger partial charge in [0.05, 0.1) is 9.97 Å². The molecule has 0 aromatic heterocycles. The molecule has 2 bridgehead atoms. The first kappa shape index (κ1) is 12.2. The Morgan fingerprint density at radius 2 is 2.19 bits per heavy atom. The Morgan fingerprint density at radius 3 is 2.56 bits per heavy atom. The van der Waals surface area contributed by atoms with Crippen molar-refractivity contribution < 1.29 is 17.8 Å². The van der Waals surface area contributed by atoms with Gasteiger partial charge < -0.3 is 0 Å². The van der Waals surface area contributed by atoms with Crippen molar-refractivity contribution in [2.75, 3.05) is 5.75 Å². The Labute approximate surface area is 96.1 Å². The first-order valence-corrected chi connectivity index (χ1v) is 6.97. The summed E-state index contributed by atoms with van der Waals surface area (Å²) in [6, 6.07) is 0. The standard InChI is InChI=1S/C10H17NO4S/c1-9(2)7-3-4-10(9,8(12)5-7)6-16(13,14)15-11/h7H,3-6,11H2,1-2H3/q+1/t7-,10-/m1/s1. The van der Waals surface area contributed by atoms with E-state index in [-0.39, 0.29) is 17.0 Å². The van der Waals surface area contributed by atoms with Crippen LogP contribution in [-0.2, 0) is 28.3 Å². The summed E-state index contributed by atoms with van der Waals surface area (Å²) < 4.78 is 27.0. The normalized spacial score (nSPS) is 40.0. The van der Waals surface area contributed by atoms with Crippen LogP contribution in [0.1, 0.15) is 33.1 Å². The maximum atomic E-state index is 12.0. The molecule has 0 aromatic rings. The number of carbonyl (C=O) groups excluding carboxylic acids is 1. The highest BCUT2D eigenvalue weighted by Gasteiger charge is 2.68. The second kappa shape index (κ2) is 3.35. The molecule has 2 saturated carbocycles. The minimum Gasteiger partial charge on any atom is -0.299 e. The minimum atomic E-state index is -3.79. The fourth-order valence-electron chi connectivity index (χ4n) is 3.44. The van der Waals surface area contributed by atoms with E-state index in [0.29, 0.717) is 18.8 Å². The van der Waals surface area contributed by atoms with Gasteiger partial charge in [0.2, 0.25) is 0 Å². The van der Waals surface area contributed by atoms with Crippen LogP contribution < -0.4 is 5.90 Å². The van der Waals surface area contributed by atoms with Crippen molar-refractivity contribution in [1.82, 2.24) is 0 Å². The van der Waals surface area contributed by atoms with Crippen LogP contribution in [-0.4, -0.2) is 11.5 Å². The molecule has 2 N–H and O–H groups in total. The molecule has 2 fully saturated rings. The summed E-state index contributed by atoms with van der Waals surface area (Å²) >= 11 is 0. The van der Waals surface area contributed by atoms with Crippen LogP contribution in [0, 0.1) is 16.7 Å². The lowest BCUT2D eigenvalue weighted by Crippen LogP contribution is -2.44. The molecule has 6 heteroatoms. The highest BCUT2D eigenvalue weighted by molar-refractivity contribution is 7.92. The molecule has 91 valence electrons. The quantitative estimate of drug-likeness (QED) is 0.596. The largest absolute Gasteiger partial charge is 0.414 e. The van der Waals surface area contributed by atoms with E-state index in [1.165, 1.54) is 0 Å². The van der Waals surface area contributed by atoms with Crippen molar-refractivity contribution in [3.63, 3.8) is 0 Å². The third-order valence-electron chi connectivity index (χ3n) is 4.71. The Bertz CT molecular complexity index is 381. The van der Waals surface area contributed by atoms with Crippen LogP contribution in [0.15, 0.2) is 0 Å². The summed E-state index contributed by atoms with van der Waals surface area (Å²) in [5, 5.41) is 0. The van der Waals surface area contributed by atoms with Crippen LogP contribution in [0.4, 0.5) is 0 Å². The van der Waals surface area contributed by atoms with E-state index in [2.05, 4.69) is 4.28 Å². The molecule has 1 radical (unpaired) electrons. The molecule has 3 atom stereocenters. The first-order valence-electron chi connectivity index (χ1n) is 5.39. The maximum Gasteiger partial charge on any atom is 0.414 e. The number of ketones is 1. The lowest BCUT2D eigenvalue weighted by Gasteiger charge is -2.33. The molecule has 2 aliphatic carbocycles. The van der Waals surface area contributed by atoms with Crippen molar-refractivity contribution in [2.45, 2.75) is 33.1 Å². The molecule has 0 spiro atoms. The summed E-state index contributed by atoms with van der Waals surface area (Å²) in [5.41, 5.74) is -1.05. The fourth-order valence-corrected chi connectivity index (χ4v) is 4.79. The second-order valence-corrected chi connectivity index (χ2v) is 7.06. The number of carbonyl (C=O) groups is 1. The van der Waals surface area contributed by atoms with E-state index in [4.69, 9.17) is 5.90 Å². The van der Waals surface area contributed by atoms with E-state index in [0.717, 1.165) is 6.42 Å². The van der Waals surface area contributed by atoms with Gasteiger partial charge in [-0.3, -0.25) is 4.79 Å². The van der Waals surface area contributed by atoms with Crippen molar-refractivity contribution >= 4 is 16.3 Å². The molecule has 2 aliphatic rings. The van der Waals surface area contributed by atoms with Crippen LogP contribution >= 0.6 is 0 Å². The van der Waals surface area contributed by atoms with Gasteiger partial charge in [-0.2, -0.15) is 5.90 Å². The minimum absolute atomic E-state index is 0.0503. The van der Waals surface area contributed by atoms with E-state index in [9.17, 15) is 13.6 Å². The molecule has 1 unspecified atom stereocenters. The number of rotatable bonds is 3. The number of hydrogen-bond acceptors (Lipinski definition) is 4. The van der Waals surface area contributed by atoms with Gasteiger partial charge in [0.1, 0.15) is 5.78 Å². The number of Topliss-reactive ketones (excluding diaryl/α,β-unsaturated/α-hetero) is 1. The topological polar surface area (TPSA) is 89.3 Å². The number of hydrogen-bond donors (Lipinski definition) is 1. The average molecular weight is 247 g/mol. The highest BCUT2D eigenvalue weighted by atomic mass is 32.3. The van der Waals surface area contributed by atoms with Crippen LogP contribution in [0.2, 0.25) is 0 Å². The molecule has 2 rings (SSSR count). The number of nitrogens with two attached hydrogens (primary N) is 1. The third kappa shape index (κ3) is 1.40. The van der Waals surface area contributed by atoms with Crippen LogP contribution in [0.3, 0.4) is 0 Å². The Morgan fingerprint density at radius 1 is 1.56 bits per heavy atom. The predicted octanol–water partition coefficient (Wildman–Crippen LogP) is 1.03. The number of fused-ring (bicyclic) bond motifs is 2. The lowest BCUT2D eigenvalue weighted by molar-refractivity contribution is -0.128. The summed E-state index contributed by atoms with van der Waals surface area (Å²) in [7, 11) is -3.79. The van der Waals surface area contributed by atoms with Crippen molar-refractivity contribution in [3.8, 4) is 0 Å². The summed E-state index contributed by atoms with van der Waals surface area (Å²) in [6.45, 7) is 3.95. The monoisotopic (exact) mass is 247 g/mol. The van der Waals surface area contributed by atoms with Gasteiger partial charge in [-0.15, -0.1) is 0 Å². The zero-order chi connectivity index (χ0) is 12.2.